The molecule has 1 saturated carbocycles. The molecule has 0 aliphatic heterocycles. The van der Waals surface area contributed by atoms with E-state index in [1.165, 1.54) is 25.7 Å². The topological polar surface area (TPSA) is 42.7 Å². The molecule has 102 valence electrons. The Morgan fingerprint density at radius 2 is 2.22 bits per heavy atom. The van der Waals surface area contributed by atoms with E-state index >= 15 is 0 Å². The van der Waals surface area contributed by atoms with E-state index in [-0.39, 0.29) is 0 Å². The van der Waals surface area contributed by atoms with Gasteiger partial charge in [-0.05, 0) is 44.2 Å². The molecule has 18 heavy (non-hydrogen) atoms. The van der Waals surface area contributed by atoms with Gasteiger partial charge < -0.3 is 5.32 Å². The third-order valence-electron chi connectivity index (χ3n) is 4.54. The summed E-state index contributed by atoms with van der Waals surface area (Å²) < 4.78 is 1.92. The summed E-state index contributed by atoms with van der Waals surface area (Å²) in [6, 6.07) is 0. The average molecular weight is 250 g/mol. The monoisotopic (exact) mass is 250 g/mol. The molecule has 1 N–H and O–H groups in total. The summed E-state index contributed by atoms with van der Waals surface area (Å²) in [6.45, 7) is 3.46. The standard InChI is InChI=1S/C14H26N4/c1-4-11-5-6-12(9-15-2)13(7-11)8-14-16-10-17-18(14)3/h10-13,15H,4-9H2,1-3H3. The number of aromatic nitrogens is 3. The summed E-state index contributed by atoms with van der Waals surface area (Å²) in [5.74, 6) is 3.61. The number of hydrogen-bond acceptors (Lipinski definition) is 3. The van der Waals surface area contributed by atoms with Crippen molar-refractivity contribution in [3.63, 3.8) is 0 Å². The van der Waals surface area contributed by atoms with Crippen LogP contribution in [-0.4, -0.2) is 28.4 Å². The van der Waals surface area contributed by atoms with Crippen molar-refractivity contribution in [1.82, 2.24) is 20.1 Å². The zero-order valence-electron chi connectivity index (χ0n) is 11.9. The molecule has 1 aliphatic rings. The van der Waals surface area contributed by atoms with Crippen LogP contribution in [0, 0.1) is 17.8 Å². The third kappa shape index (κ3) is 3.10. The first kappa shape index (κ1) is 13.5. The van der Waals surface area contributed by atoms with Gasteiger partial charge in [0.15, 0.2) is 0 Å². The van der Waals surface area contributed by atoms with Crippen LogP contribution in [0.25, 0.3) is 0 Å². The van der Waals surface area contributed by atoms with Gasteiger partial charge in [-0.2, -0.15) is 5.10 Å². The highest BCUT2D eigenvalue weighted by Gasteiger charge is 2.30. The second kappa shape index (κ2) is 6.32. The summed E-state index contributed by atoms with van der Waals surface area (Å²) in [4.78, 5) is 4.39. The van der Waals surface area contributed by atoms with Gasteiger partial charge in [-0.25, -0.2) is 4.98 Å². The van der Waals surface area contributed by atoms with Crippen LogP contribution < -0.4 is 5.32 Å². The predicted octanol–water partition coefficient (Wildman–Crippen LogP) is 2.02. The second-order valence-corrected chi connectivity index (χ2v) is 5.67. The van der Waals surface area contributed by atoms with Gasteiger partial charge in [0, 0.05) is 13.5 Å². The second-order valence-electron chi connectivity index (χ2n) is 5.67. The van der Waals surface area contributed by atoms with Gasteiger partial charge in [0.1, 0.15) is 12.2 Å². The fourth-order valence-corrected chi connectivity index (χ4v) is 3.32. The summed E-state index contributed by atoms with van der Waals surface area (Å²) in [5, 5.41) is 7.53. The maximum absolute atomic E-state index is 4.39. The maximum atomic E-state index is 4.39. The van der Waals surface area contributed by atoms with E-state index in [0.717, 1.165) is 36.5 Å². The van der Waals surface area contributed by atoms with Gasteiger partial charge in [-0.15, -0.1) is 0 Å². The lowest BCUT2D eigenvalue weighted by Gasteiger charge is -2.35. The van der Waals surface area contributed by atoms with E-state index in [1.807, 2.05) is 11.7 Å². The van der Waals surface area contributed by atoms with E-state index in [9.17, 15) is 0 Å². The zero-order valence-corrected chi connectivity index (χ0v) is 11.9. The minimum absolute atomic E-state index is 0.763. The van der Waals surface area contributed by atoms with Crippen molar-refractivity contribution >= 4 is 0 Å². The Morgan fingerprint density at radius 1 is 1.39 bits per heavy atom. The molecule has 0 aromatic carbocycles. The highest BCUT2D eigenvalue weighted by Crippen LogP contribution is 2.36. The molecule has 0 bridgehead atoms. The smallest absolute Gasteiger partial charge is 0.138 e. The Kier molecular flexibility index (Phi) is 4.75. The van der Waals surface area contributed by atoms with Crippen LogP contribution in [-0.2, 0) is 13.5 Å². The molecule has 0 amide bonds. The normalized spacial score (nSPS) is 28.5. The molecule has 1 aromatic heterocycles. The van der Waals surface area contributed by atoms with E-state index in [2.05, 4.69) is 29.4 Å². The quantitative estimate of drug-likeness (QED) is 0.869. The van der Waals surface area contributed by atoms with E-state index in [4.69, 9.17) is 0 Å². The molecule has 3 unspecified atom stereocenters. The van der Waals surface area contributed by atoms with E-state index in [1.54, 1.807) is 6.33 Å². The number of hydrogen-bond donors (Lipinski definition) is 1. The fraction of sp³-hybridized carbons (Fsp3) is 0.857. The molecular formula is C14H26N4. The van der Waals surface area contributed by atoms with Gasteiger partial charge in [-0.3, -0.25) is 4.68 Å². The van der Waals surface area contributed by atoms with Gasteiger partial charge in [0.25, 0.3) is 0 Å². The number of nitrogens with one attached hydrogen (secondary N) is 1. The highest BCUT2D eigenvalue weighted by atomic mass is 15.3. The van der Waals surface area contributed by atoms with Crippen LogP contribution >= 0.6 is 0 Å². The molecule has 3 atom stereocenters. The van der Waals surface area contributed by atoms with Gasteiger partial charge in [0.2, 0.25) is 0 Å². The van der Waals surface area contributed by atoms with Crippen LogP contribution in [0.3, 0.4) is 0 Å². The molecule has 1 aromatic rings. The molecule has 0 saturated heterocycles. The SMILES string of the molecule is CCC1CCC(CNC)C(Cc2ncnn2C)C1. The van der Waals surface area contributed by atoms with Gasteiger partial charge in [0.05, 0.1) is 0 Å². The molecule has 0 radical (unpaired) electrons. The molecule has 4 heteroatoms. The Morgan fingerprint density at radius 3 is 2.83 bits per heavy atom. The maximum Gasteiger partial charge on any atom is 0.138 e. The lowest BCUT2D eigenvalue weighted by atomic mass is 9.71. The number of rotatable bonds is 5. The molecule has 4 nitrogen and oxygen atoms in total. The molecule has 1 fully saturated rings. The van der Waals surface area contributed by atoms with Crippen molar-refractivity contribution in [2.75, 3.05) is 13.6 Å². The minimum atomic E-state index is 0.763. The number of aryl methyl sites for hydroxylation is 1. The van der Waals surface area contributed by atoms with Gasteiger partial charge >= 0.3 is 0 Å². The summed E-state index contributed by atoms with van der Waals surface area (Å²) in [7, 11) is 4.06. The van der Waals surface area contributed by atoms with Crippen LogP contribution in [0.4, 0.5) is 0 Å². The molecule has 1 aliphatic carbocycles. The molecular weight excluding hydrogens is 224 g/mol. The van der Waals surface area contributed by atoms with Gasteiger partial charge in [-0.1, -0.05) is 19.8 Å². The summed E-state index contributed by atoms with van der Waals surface area (Å²) in [5.41, 5.74) is 0. The Labute approximate surface area is 110 Å². The minimum Gasteiger partial charge on any atom is -0.319 e. The van der Waals surface area contributed by atoms with Crippen molar-refractivity contribution in [2.45, 2.75) is 39.0 Å². The van der Waals surface area contributed by atoms with Crippen LogP contribution in [0.5, 0.6) is 0 Å². The van der Waals surface area contributed by atoms with Crippen molar-refractivity contribution in [2.24, 2.45) is 24.8 Å². The molecule has 2 rings (SSSR count). The predicted molar refractivity (Wildman–Crippen MR) is 73.2 cm³/mol. The van der Waals surface area contributed by atoms with Crippen molar-refractivity contribution < 1.29 is 0 Å². The Balaban J connectivity index is 2.02. The first-order valence-electron chi connectivity index (χ1n) is 7.22. The van der Waals surface area contributed by atoms with Crippen molar-refractivity contribution in [1.29, 1.82) is 0 Å². The Bertz CT molecular complexity index is 360. The lowest BCUT2D eigenvalue weighted by molar-refractivity contribution is 0.170. The summed E-state index contributed by atoms with van der Waals surface area (Å²) >= 11 is 0. The first-order valence-corrected chi connectivity index (χ1v) is 7.22. The zero-order chi connectivity index (χ0) is 13.0. The van der Waals surface area contributed by atoms with Crippen molar-refractivity contribution in [3.8, 4) is 0 Å². The number of nitrogens with zero attached hydrogens (tertiary/aromatic N) is 3. The fourth-order valence-electron chi connectivity index (χ4n) is 3.32. The first-order chi connectivity index (χ1) is 8.74. The summed E-state index contributed by atoms with van der Waals surface area (Å²) in [6.07, 6.45) is 8.19. The lowest BCUT2D eigenvalue weighted by Crippen LogP contribution is -2.33. The van der Waals surface area contributed by atoms with Crippen LogP contribution in [0.15, 0.2) is 6.33 Å². The largest absolute Gasteiger partial charge is 0.319 e. The van der Waals surface area contributed by atoms with E-state index < -0.39 is 0 Å². The van der Waals surface area contributed by atoms with Crippen molar-refractivity contribution in [3.05, 3.63) is 12.2 Å². The van der Waals surface area contributed by atoms with Crippen LogP contribution in [0.1, 0.15) is 38.4 Å². The molecule has 0 spiro atoms. The Hall–Kier alpha value is -0.900. The third-order valence-corrected chi connectivity index (χ3v) is 4.54. The van der Waals surface area contributed by atoms with Crippen LogP contribution in [0.2, 0.25) is 0 Å². The highest BCUT2D eigenvalue weighted by molar-refractivity contribution is 4.91. The molecule has 1 heterocycles. The van der Waals surface area contributed by atoms with E-state index in [0.29, 0.717) is 0 Å². The average Bonchev–Trinajstić information content (AvgIpc) is 2.77.